The molecule has 1 aliphatic rings. The topological polar surface area (TPSA) is 54.6 Å². The first-order chi connectivity index (χ1) is 14.4. The van der Waals surface area contributed by atoms with Gasteiger partial charge in [0.1, 0.15) is 11.5 Å². The Kier molecular flexibility index (Phi) is 5.97. The normalized spacial score (nSPS) is 16.5. The van der Waals surface area contributed by atoms with Crippen LogP contribution in [-0.2, 0) is 11.3 Å². The second-order valence-electron chi connectivity index (χ2n) is 7.37. The molecule has 4 rings (SSSR count). The van der Waals surface area contributed by atoms with Crippen molar-refractivity contribution in [2.75, 3.05) is 0 Å². The summed E-state index contributed by atoms with van der Waals surface area (Å²) in [6.45, 7) is 6.72. The van der Waals surface area contributed by atoms with Gasteiger partial charge in [-0.25, -0.2) is 0 Å². The molecule has 6 heteroatoms. The number of hydrogen-bond donors (Lipinski definition) is 1. The van der Waals surface area contributed by atoms with Crippen LogP contribution >= 0.6 is 27.7 Å². The summed E-state index contributed by atoms with van der Waals surface area (Å²) < 4.78 is 6.93. The van der Waals surface area contributed by atoms with Crippen molar-refractivity contribution in [1.82, 2.24) is 5.32 Å². The third kappa shape index (κ3) is 4.77. The third-order valence-electron chi connectivity index (χ3n) is 4.63. The Hall–Kier alpha value is -2.57. The number of halogens is 1. The predicted molar refractivity (Wildman–Crippen MR) is 127 cm³/mol. The van der Waals surface area contributed by atoms with Gasteiger partial charge in [-0.05, 0) is 67.9 Å². The van der Waals surface area contributed by atoms with Crippen LogP contribution in [0.3, 0.4) is 0 Å². The van der Waals surface area contributed by atoms with Crippen LogP contribution in [0.2, 0.25) is 0 Å². The monoisotopic (exact) mass is 480 g/mol. The standard InChI is InChI=1S/C24H21BrN2O2S/c1-14-4-6-19(20(25)11-14)21-7-5-18(29-21)12-22-23(28)27-24(30-22)26-13-17-9-15(2)8-16(3)10-17/h4-12H,13H2,1-3H3,(H,26,27,28)/b22-12-. The first-order valence-corrected chi connectivity index (χ1v) is 11.2. The van der Waals surface area contributed by atoms with Crippen molar-refractivity contribution in [3.05, 3.63) is 85.9 Å². The minimum absolute atomic E-state index is 0.159. The number of amidine groups is 1. The summed E-state index contributed by atoms with van der Waals surface area (Å²) in [6, 6.07) is 16.3. The number of benzene rings is 2. The van der Waals surface area contributed by atoms with Gasteiger partial charge in [0, 0.05) is 16.1 Å². The van der Waals surface area contributed by atoms with Crippen LogP contribution in [-0.4, -0.2) is 11.1 Å². The molecule has 0 unspecified atom stereocenters. The smallest absolute Gasteiger partial charge is 0.264 e. The molecule has 1 N–H and O–H groups in total. The van der Waals surface area contributed by atoms with E-state index in [1.54, 1.807) is 6.08 Å². The lowest BCUT2D eigenvalue weighted by Gasteiger charge is -2.02. The van der Waals surface area contributed by atoms with E-state index in [0.29, 0.717) is 22.4 Å². The Bertz CT molecular complexity index is 1170. The van der Waals surface area contributed by atoms with Gasteiger partial charge >= 0.3 is 0 Å². The van der Waals surface area contributed by atoms with Crippen molar-refractivity contribution >= 4 is 44.8 Å². The van der Waals surface area contributed by atoms with E-state index in [1.807, 2.05) is 31.2 Å². The van der Waals surface area contributed by atoms with Gasteiger partial charge in [-0.15, -0.1) is 0 Å². The maximum atomic E-state index is 12.3. The number of furan rings is 1. The summed E-state index contributed by atoms with van der Waals surface area (Å²) in [6.07, 6.45) is 1.75. The predicted octanol–water partition coefficient (Wildman–Crippen LogP) is 6.39. The van der Waals surface area contributed by atoms with Crippen LogP contribution in [0.5, 0.6) is 0 Å². The van der Waals surface area contributed by atoms with E-state index in [-0.39, 0.29) is 5.91 Å². The zero-order chi connectivity index (χ0) is 21.3. The number of carbonyl (C=O) groups excluding carboxylic acids is 1. The molecule has 2 aromatic carbocycles. The average molecular weight is 481 g/mol. The van der Waals surface area contributed by atoms with Crippen LogP contribution in [0.4, 0.5) is 0 Å². The van der Waals surface area contributed by atoms with Gasteiger partial charge < -0.3 is 9.73 Å². The number of aliphatic imine (C=N–C) groups is 1. The fraction of sp³-hybridized carbons (Fsp3) is 0.167. The van der Waals surface area contributed by atoms with E-state index < -0.39 is 0 Å². The Morgan fingerprint density at radius 2 is 1.80 bits per heavy atom. The first-order valence-electron chi connectivity index (χ1n) is 9.56. The number of rotatable bonds is 4. The molecule has 3 aromatic rings. The van der Waals surface area contributed by atoms with Gasteiger partial charge in [-0.1, -0.05) is 51.3 Å². The molecule has 0 saturated carbocycles. The molecule has 2 heterocycles. The molecule has 0 spiro atoms. The van der Waals surface area contributed by atoms with E-state index in [2.05, 4.69) is 64.4 Å². The minimum Gasteiger partial charge on any atom is -0.457 e. The fourth-order valence-corrected chi connectivity index (χ4v) is 4.84. The van der Waals surface area contributed by atoms with Crippen LogP contribution in [0.1, 0.15) is 28.0 Å². The van der Waals surface area contributed by atoms with Crippen LogP contribution in [0.25, 0.3) is 17.4 Å². The number of aryl methyl sites for hydroxylation is 3. The maximum Gasteiger partial charge on any atom is 0.264 e. The van der Waals surface area contributed by atoms with Crippen molar-refractivity contribution in [1.29, 1.82) is 0 Å². The molecule has 0 radical (unpaired) electrons. The van der Waals surface area contributed by atoms with Crippen molar-refractivity contribution in [2.24, 2.45) is 4.99 Å². The van der Waals surface area contributed by atoms with Gasteiger partial charge in [0.05, 0.1) is 11.4 Å². The number of hydrogen-bond acceptors (Lipinski definition) is 4. The molecule has 1 aromatic heterocycles. The Balaban J connectivity index is 1.50. The van der Waals surface area contributed by atoms with Crippen molar-refractivity contribution in [3.63, 3.8) is 0 Å². The Morgan fingerprint density at radius 3 is 2.53 bits per heavy atom. The van der Waals surface area contributed by atoms with E-state index in [1.165, 1.54) is 28.5 Å². The highest BCUT2D eigenvalue weighted by atomic mass is 79.9. The number of nitrogens with one attached hydrogen (secondary N) is 1. The van der Waals surface area contributed by atoms with Crippen LogP contribution in [0.15, 0.2) is 67.3 Å². The molecule has 4 nitrogen and oxygen atoms in total. The third-order valence-corrected chi connectivity index (χ3v) is 6.23. The quantitative estimate of drug-likeness (QED) is 0.439. The van der Waals surface area contributed by atoms with E-state index in [4.69, 9.17) is 4.42 Å². The summed E-state index contributed by atoms with van der Waals surface area (Å²) >= 11 is 4.92. The number of carbonyl (C=O) groups is 1. The molecule has 30 heavy (non-hydrogen) atoms. The van der Waals surface area contributed by atoms with Gasteiger partial charge in [0.2, 0.25) is 0 Å². The number of amides is 1. The zero-order valence-corrected chi connectivity index (χ0v) is 19.4. The van der Waals surface area contributed by atoms with Gasteiger partial charge in [-0.3, -0.25) is 9.79 Å². The highest BCUT2D eigenvalue weighted by Gasteiger charge is 2.24. The molecule has 1 saturated heterocycles. The summed E-state index contributed by atoms with van der Waals surface area (Å²) in [5, 5.41) is 3.44. The summed E-state index contributed by atoms with van der Waals surface area (Å²) in [4.78, 5) is 17.5. The van der Waals surface area contributed by atoms with E-state index >= 15 is 0 Å². The Labute approximate surface area is 188 Å². The second kappa shape index (κ2) is 8.66. The summed E-state index contributed by atoms with van der Waals surface area (Å²) in [5.74, 6) is 1.22. The second-order valence-corrected chi connectivity index (χ2v) is 9.25. The van der Waals surface area contributed by atoms with Crippen LogP contribution in [0, 0.1) is 20.8 Å². The van der Waals surface area contributed by atoms with Gasteiger partial charge in [-0.2, -0.15) is 0 Å². The van der Waals surface area contributed by atoms with E-state index in [9.17, 15) is 4.79 Å². The fourth-order valence-electron chi connectivity index (χ4n) is 3.35. The van der Waals surface area contributed by atoms with E-state index in [0.717, 1.165) is 21.4 Å². The molecule has 1 aliphatic heterocycles. The maximum absolute atomic E-state index is 12.3. The Morgan fingerprint density at radius 1 is 1.03 bits per heavy atom. The average Bonchev–Trinajstić information content (AvgIpc) is 3.26. The highest BCUT2D eigenvalue weighted by Crippen LogP contribution is 2.32. The first kappa shape index (κ1) is 20.7. The van der Waals surface area contributed by atoms with Crippen LogP contribution < -0.4 is 5.32 Å². The van der Waals surface area contributed by atoms with Crippen molar-refractivity contribution < 1.29 is 9.21 Å². The lowest BCUT2D eigenvalue weighted by molar-refractivity contribution is -0.115. The molecule has 0 atom stereocenters. The SMILES string of the molecule is Cc1cc(C)cc(CN=C2NC(=O)/C(=C/c3ccc(-c4ccc(C)cc4Br)o3)S2)c1. The zero-order valence-electron chi connectivity index (χ0n) is 17.0. The molecule has 0 aliphatic carbocycles. The molecular formula is C24H21BrN2O2S. The van der Waals surface area contributed by atoms with Crippen molar-refractivity contribution in [3.8, 4) is 11.3 Å². The number of nitrogens with zero attached hydrogens (tertiary/aromatic N) is 1. The lowest BCUT2D eigenvalue weighted by atomic mass is 10.1. The molecule has 0 bridgehead atoms. The molecular weight excluding hydrogens is 460 g/mol. The largest absolute Gasteiger partial charge is 0.457 e. The molecule has 1 fully saturated rings. The number of thioether (sulfide) groups is 1. The minimum atomic E-state index is -0.159. The van der Waals surface area contributed by atoms with Gasteiger partial charge in [0.25, 0.3) is 5.91 Å². The lowest BCUT2D eigenvalue weighted by Crippen LogP contribution is -2.19. The summed E-state index contributed by atoms with van der Waals surface area (Å²) in [5.41, 5.74) is 5.70. The van der Waals surface area contributed by atoms with Gasteiger partial charge in [0.15, 0.2) is 5.17 Å². The molecule has 152 valence electrons. The summed E-state index contributed by atoms with van der Waals surface area (Å²) in [7, 11) is 0. The molecule has 1 amide bonds. The highest BCUT2D eigenvalue weighted by molar-refractivity contribution is 9.10. The van der Waals surface area contributed by atoms with Crippen molar-refractivity contribution in [2.45, 2.75) is 27.3 Å².